The molecule has 2 nitrogen and oxygen atoms in total. The summed E-state index contributed by atoms with van der Waals surface area (Å²) in [5, 5.41) is 0. The molecule has 2 aromatic rings. The van der Waals surface area contributed by atoms with Gasteiger partial charge in [0.05, 0.1) is 6.61 Å². The molecule has 3 rings (SSSR count). The molecule has 144 valence electrons. The molecular formula is C22H23F3O2. The molecule has 1 heterocycles. The lowest BCUT2D eigenvalue weighted by molar-refractivity contribution is -0.164. The van der Waals surface area contributed by atoms with Gasteiger partial charge in [0.25, 0.3) is 0 Å². The normalized spacial score (nSPS) is 20.3. The molecule has 1 aliphatic heterocycles. The molecule has 2 atom stereocenters. The lowest BCUT2D eigenvalue weighted by Gasteiger charge is -2.29. The first kappa shape index (κ1) is 19.6. The standard InChI is InChI=1S/C22H23F3O2/c1-3-5-14-6-8-17(19(23)12-14)18-10-9-16(21(24)22(18)25)15-7-11-20(26-4-2)27-13-15/h3,5-6,8-10,12,15,20H,4,7,11,13H2,1-2H3/b5-3+. The Morgan fingerprint density at radius 2 is 1.85 bits per heavy atom. The molecule has 0 spiro atoms. The fourth-order valence-corrected chi connectivity index (χ4v) is 3.42. The number of ether oxygens (including phenoxy) is 2. The van der Waals surface area contributed by atoms with Crippen LogP contribution in [0.4, 0.5) is 13.2 Å². The minimum absolute atomic E-state index is 0.0440. The molecule has 2 aromatic carbocycles. The molecule has 0 aliphatic carbocycles. The van der Waals surface area contributed by atoms with E-state index in [9.17, 15) is 13.2 Å². The highest BCUT2D eigenvalue weighted by Crippen LogP contribution is 2.35. The van der Waals surface area contributed by atoms with E-state index in [1.807, 2.05) is 13.8 Å². The van der Waals surface area contributed by atoms with Crippen LogP contribution in [0.2, 0.25) is 0 Å². The summed E-state index contributed by atoms with van der Waals surface area (Å²) in [5.41, 5.74) is 0.892. The largest absolute Gasteiger partial charge is 0.353 e. The topological polar surface area (TPSA) is 18.5 Å². The Morgan fingerprint density at radius 1 is 1.07 bits per heavy atom. The Bertz CT molecular complexity index is 825. The van der Waals surface area contributed by atoms with E-state index in [1.165, 1.54) is 24.3 Å². The predicted molar refractivity (Wildman–Crippen MR) is 99.8 cm³/mol. The Kier molecular flexibility index (Phi) is 6.34. The first-order valence-electron chi connectivity index (χ1n) is 9.18. The lowest BCUT2D eigenvalue weighted by atomic mass is 9.90. The molecule has 1 aliphatic rings. The molecule has 2 unspecified atom stereocenters. The van der Waals surface area contributed by atoms with Crippen molar-refractivity contribution >= 4 is 6.08 Å². The fourth-order valence-electron chi connectivity index (χ4n) is 3.42. The summed E-state index contributed by atoms with van der Waals surface area (Å²) in [6.45, 7) is 4.52. The molecule has 0 aromatic heterocycles. The van der Waals surface area contributed by atoms with Gasteiger partial charge >= 0.3 is 0 Å². The van der Waals surface area contributed by atoms with Crippen LogP contribution in [0.5, 0.6) is 0 Å². The maximum atomic E-state index is 14.7. The highest BCUT2D eigenvalue weighted by molar-refractivity contribution is 5.67. The molecule has 0 bridgehead atoms. The van der Waals surface area contributed by atoms with E-state index in [4.69, 9.17) is 9.47 Å². The number of benzene rings is 2. The van der Waals surface area contributed by atoms with Gasteiger partial charge in [-0.15, -0.1) is 0 Å². The molecule has 0 saturated carbocycles. The van der Waals surface area contributed by atoms with E-state index < -0.39 is 17.5 Å². The van der Waals surface area contributed by atoms with E-state index in [-0.39, 0.29) is 35.5 Å². The highest BCUT2D eigenvalue weighted by Gasteiger charge is 2.27. The second-order valence-electron chi connectivity index (χ2n) is 6.56. The van der Waals surface area contributed by atoms with Crippen LogP contribution in [0.25, 0.3) is 17.2 Å². The molecule has 1 fully saturated rings. The van der Waals surface area contributed by atoms with E-state index in [0.29, 0.717) is 25.0 Å². The van der Waals surface area contributed by atoms with E-state index in [1.54, 1.807) is 18.2 Å². The van der Waals surface area contributed by atoms with Crippen molar-refractivity contribution in [2.24, 2.45) is 0 Å². The van der Waals surface area contributed by atoms with Crippen molar-refractivity contribution in [2.75, 3.05) is 13.2 Å². The number of halogens is 3. The SMILES string of the molecule is C/C=C/c1ccc(-c2ccc(C3CCC(OCC)OC3)c(F)c2F)c(F)c1. The minimum atomic E-state index is -1.03. The second kappa shape index (κ2) is 8.72. The van der Waals surface area contributed by atoms with Crippen molar-refractivity contribution in [3.05, 3.63) is 65.0 Å². The summed E-state index contributed by atoms with van der Waals surface area (Å²) in [6.07, 6.45) is 4.51. The van der Waals surface area contributed by atoms with E-state index in [2.05, 4.69) is 0 Å². The summed E-state index contributed by atoms with van der Waals surface area (Å²) < 4.78 is 54.8. The third kappa shape index (κ3) is 4.25. The zero-order chi connectivity index (χ0) is 19.4. The fraction of sp³-hybridized carbons (Fsp3) is 0.364. The van der Waals surface area contributed by atoms with E-state index in [0.717, 1.165) is 0 Å². The third-order valence-corrected chi connectivity index (χ3v) is 4.78. The molecular weight excluding hydrogens is 353 g/mol. The number of rotatable bonds is 5. The predicted octanol–water partition coefficient (Wildman–Crippen LogP) is 6.06. The van der Waals surface area contributed by atoms with Crippen LogP contribution < -0.4 is 0 Å². The number of hydrogen-bond acceptors (Lipinski definition) is 2. The minimum Gasteiger partial charge on any atom is -0.353 e. The monoisotopic (exact) mass is 376 g/mol. The van der Waals surface area contributed by atoms with Crippen LogP contribution in [0, 0.1) is 17.5 Å². The zero-order valence-corrected chi connectivity index (χ0v) is 15.5. The van der Waals surface area contributed by atoms with Gasteiger partial charge in [-0.1, -0.05) is 36.4 Å². The number of allylic oxidation sites excluding steroid dienone is 1. The summed E-state index contributed by atoms with van der Waals surface area (Å²) in [5.74, 6) is -2.80. The van der Waals surface area contributed by atoms with Crippen molar-refractivity contribution in [1.82, 2.24) is 0 Å². The van der Waals surface area contributed by atoms with Gasteiger partial charge in [-0.3, -0.25) is 0 Å². The molecule has 0 N–H and O–H groups in total. The van der Waals surface area contributed by atoms with Gasteiger partial charge in [0.2, 0.25) is 0 Å². The van der Waals surface area contributed by atoms with Crippen molar-refractivity contribution < 1.29 is 22.6 Å². The van der Waals surface area contributed by atoms with Gasteiger partial charge in [-0.05, 0) is 43.9 Å². The van der Waals surface area contributed by atoms with Crippen molar-refractivity contribution in [3.63, 3.8) is 0 Å². The Hall–Kier alpha value is -2.11. The summed E-state index contributed by atoms with van der Waals surface area (Å²) in [7, 11) is 0. The first-order valence-corrected chi connectivity index (χ1v) is 9.18. The summed E-state index contributed by atoms with van der Waals surface area (Å²) in [4.78, 5) is 0. The Labute approximate surface area is 157 Å². The molecule has 0 radical (unpaired) electrons. The lowest BCUT2D eigenvalue weighted by Crippen LogP contribution is -2.27. The van der Waals surface area contributed by atoms with Crippen LogP contribution in [-0.2, 0) is 9.47 Å². The van der Waals surface area contributed by atoms with Gasteiger partial charge in [0.1, 0.15) is 5.82 Å². The average molecular weight is 376 g/mol. The smallest absolute Gasteiger partial charge is 0.167 e. The van der Waals surface area contributed by atoms with Crippen LogP contribution in [0.15, 0.2) is 36.4 Å². The zero-order valence-electron chi connectivity index (χ0n) is 15.5. The first-order chi connectivity index (χ1) is 13.0. The van der Waals surface area contributed by atoms with Crippen molar-refractivity contribution in [2.45, 2.75) is 38.9 Å². The van der Waals surface area contributed by atoms with Gasteiger partial charge in [0.15, 0.2) is 17.9 Å². The van der Waals surface area contributed by atoms with Gasteiger partial charge in [-0.25, -0.2) is 13.2 Å². The van der Waals surface area contributed by atoms with E-state index >= 15 is 0 Å². The molecule has 0 amide bonds. The van der Waals surface area contributed by atoms with Crippen LogP contribution in [0.3, 0.4) is 0 Å². The Balaban J connectivity index is 1.86. The third-order valence-electron chi connectivity index (χ3n) is 4.78. The second-order valence-corrected chi connectivity index (χ2v) is 6.56. The van der Waals surface area contributed by atoms with Crippen LogP contribution in [0.1, 0.15) is 43.7 Å². The van der Waals surface area contributed by atoms with Gasteiger partial charge < -0.3 is 9.47 Å². The summed E-state index contributed by atoms with van der Waals surface area (Å²) >= 11 is 0. The average Bonchev–Trinajstić information content (AvgIpc) is 2.66. The van der Waals surface area contributed by atoms with Gasteiger partial charge in [0, 0.05) is 23.7 Å². The van der Waals surface area contributed by atoms with Crippen molar-refractivity contribution in [3.8, 4) is 11.1 Å². The Morgan fingerprint density at radius 3 is 2.48 bits per heavy atom. The van der Waals surface area contributed by atoms with Gasteiger partial charge in [-0.2, -0.15) is 0 Å². The summed E-state index contributed by atoms with van der Waals surface area (Å²) in [6, 6.07) is 7.42. The van der Waals surface area contributed by atoms with Crippen LogP contribution in [-0.4, -0.2) is 19.5 Å². The maximum Gasteiger partial charge on any atom is 0.167 e. The van der Waals surface area contributed by atoms with Crippen LogP contribution >= 0.6 is 0 Å². The molecule has 5 heteroatoms. The molecule has 1 saturated heterocycles. The maximum absolute atomic E-state index is 14.7. The molecule has 27 heavy (non-hydrogen) atoms. The highest BCUT2D eigenvalue weighted by atomic mass is 19.2. The quantitative estimate of drug-likeness (QED) is 0.631. The number of hydrogen-bond donors (Lipinski definition) is 0. The van der Waals surface area contributed by atoms with Crippen molar-refractivity contribution in [1.29, 1.82) is 0 Å².